The second kappa shape index (κ2) is 13.8. The molecule has 0 radical (unpaired) electrons. The lowest BCUT2D eigenvalue weighted by atomic mass is 9.32. The lowest BCUT2D eigenvalue weighted by Gasteiger charge is -2.72. The van der Waals surface area contributed by atoms with Gasteiger partial charge in [0.2, 0.25) is 11.8 Å². The van der Waals surface area contributed by atoms with E-state index in [2.05, 4.69) is 59.5 Å². The van der Waals surface area contributed by atoms with Crippen molar-refractivity contribution in [3.8, 4) is 0 Å². The van der Waals surface area contributed by atoms with Gasteiger partial charge in [-0.1, -0.05) is 65.0 Å². The first kappa shape index (κ1) is 39.9. The van der Waals surface area contributed by atoms with Gasteiger partial charge < -0.3 is 20.2 Å². The maximum absolute atomic E-state index is 13.4. The van der Waals surface area contributed by atoms with Crippen LogP contribution in [0.3, 0.4) is 0 Å². The summed E-state index contributed by atoms with van der Waals surface area (Å²) in [5, 5.41) is 13.4. The molecule has 0 unspecified atom stereocenters. The fraction of sp³-hybridized carbons (Fsp3) is 0.735. The number of carbonyl (C=O) groups excluding carboxylic acids is 2. The van der Waals surface area contributed by atoms with Crippen LogP contribution >= 0.6 is 0 Å². The summed E-state index contributed by atoms with van der Waals surface area (Å²) >= 11 is 0. The third-order valence-electron chi connectivity index (χ3n) is 19.1. The van der Waals surface area contributed by atoms with Gasteiger partial charge in [-0.05, 0) is 164 Å². The molecule has 5 aliphatic carbocycles. The van der Waals surface area contributed by atoms with E-state index in [9.17, 15) is 19.5 Å². The van der Waals surface area contributed by atoms with Gasteiger partial charge in [0.25, 0.3) is 0 Å². The van der Waals surface area contributed by atoms with Crippen molar-refractivity contribution < 1.29 is 19.5 Å². The van der Waals surface area contributed by atoms with Crippen molar-refractivity contribution in [1.82, 2.24) is 15.1 Å². The molecular formula is C49H71N3O4. The number of benzene rings is 1. The Balaban J connectivity index is 0.966. The minimum absolute atomic E-state index is 0.00425. The molecule has 8 rings (SSSR count). The highest BCUT2D eigenvalue weighted by Gasteiger charge is 2.70. The van der Waals surface area contributed by atoms with Crippen LogP contribution in [-0.2, 0) is 9.59 Å². The van der Waals surface area contributed by atoms with Crippen LogP contribution in [0.25, 0.3) is 5.57 Å². The highest BCUT2D eigenvalue weighted by molar-refractivity contribution is 5.88. The SMILES string of the molecule is C=C(C)[C@@H]1CC[C@]2(CNCCC(=O)N3CCC4(CCN(C)C4=O)CC3)CC[C@]3(C)[C@H](CC[C@@H]4[C@@]5(C)CC=C(c6ccc(C(=O)O)cc6)C(C)(C)[C@@H]5CC[C@]43C)[C@@H]12. The average Bonchev–Trinajstić information content (AvgIpc) is 3.67. The minimum atomic E-state index is -0.869. The number of allylic oxidation sites excluding steroid dienone is 3. The van der Waals surface area contributed by atoms with Crippen molar-refractivity contribution in [1.29, 1.82) is 0 Å². The molecule has 7 nitrogen and oxygen atoms in total. The molecule has 1 aromatic carbocycles. The van der Waals surface area contributed by atoms with Crippen molar-refractivity contribution in [3.05, 3.63) is 53.6 Å². The minimum Gasteiger partial charge on any atom is -0.478 e. The molecule has 2 aliphatic heterocycles. The maximum atomic E-state index is 13.4. The van der Waals surface area contributed by atoms with E-state index in [4.69, 9.17) is 0 Å². The number of likely N-dealkylation sites (tertiary alicyclic amines) is 2. The average molecular weight is 766 g/mol. The van der Waals surface area contributed by atoms with Gasteiger partial charge in [-0.3, -0.25) is 9.59 Å². The highest BCUT2D eigenvalue weighted by Crippen LogP contribution is 2.77. The van der Waals surface area contributed by atoms with Gasteiger partial charge in [0.05, 0.1) is 11.0 Å². The maximum Gasteiger partial charge on any atom is 0.335 e. The first-order chi connectivity index (χ1) is 26.4. The van der Waals surface area contributed by atoms with E-state index in [-0.39, 0.29) is 44.3 Å². The molecular weight excluding hydrogens is 695 g/mol. The monoisotopic (exact) mass is 766 g/mol. The first-order valence-electron chi connectivity index (χ1n) is 22.4. The summed E-state index contributed by atoms with van der Waals surface area (Å²) in [6, 6.07) is 7.60. The number of hydrogen-bond donors (Lipinski definition) is 2. The third-order valence-corrected chi connectivity index (χ3v) is 19.1. The molecule has 2 N–H and O–H groups in total. The number of carbonyl (C=O) groups is 3. The number of fused-ring (bicyclic) bond motifs is 7. The molecule has 9 atom stereocenters. The van der Waals surface area contributed by atoms with Gasteiger partial charge in [0.15, 0.2) is 0 Å². The Hall–Kier alpha value is -2.93. The van der Waals surface area contributed by atoms with Gasteiger partial charge in [-0.2, -0.15) is 0 Å². The van der Waals surface area contributed by atoms with Crippen molar-refractivity contribution in [2.45, 2.75) is 125 Å². The zero-order chi connectivity index (χ0) is 40.1. The summed E-state index contributed by atoms with van der Waals surface area (Å²) in [6.45, 7) is 23.9. The smallest absolute Gasteiger partial charge is 0.335 e. The number of nitrogens with zero attached hydrogens (tertiary/aromatic N) is 2. The lowest BCUT2D eigenvalue weighted by Crippen LogP contribution is -2.65. The highest BCUT2D eigenvalue weighted by atomic mass is 16.4. The number of carboxylic acid groups (broad SMARTS) is 1. The van der Waals surface area contributed by atoms with Gasteiger partial charge in [0, 0.05) is 46.2 Å². The molecule has 1 spiro atoms. The molecule has 7 heteroatoms. The molecule has 0 bridgehead atoms. The summed E-state index contributed by atoms with van der Waals surface area (Å²) in [7, 11) is 1.91. The fourth-order valence-electron chi connectivity index (χ4n) is 15.8. The Morgan fingerprint density at radius 3 is 2.20 bits per heavy atom. The van der Waals surface area contributed by atoms with Crippen molar-refractivity contribution in [2.24, 2.45) is 62.1 Å². The zero-order valence-electron chi connectivity index (χ0n) is 35.8. The number of nitrogens with one attached hydrogen (secondary N) is 1. The van der Waals surface area contributed by atoms with Crippen LogP contribution in [0, 0.1) is 62.1 Å². The largest absolute Gasteiger partial charge is 0.478 e. The van der Waals surface area contributed by atoms with E-state index in [1.165, 1.54) is 68.1 Å². The van der Waals surface area contributed by atoms with E-state index in [0.717, 1.165) is 45.3 Å². The summed E-state index contributed by atoms with van der Waals surface area (Å²) in [5.41, 5.74) is 5.09. The molecule has 6 fully saturated rings. The van der Waals surface area contributed by atoms with Gasteiger partial charge >= 0.3 is 5.97 Å². The molecule has 2 saturated heterocycles. The normalized spacial score (nSPS) is 39.7. The Morgan fingerprint density at radius 1 is 0.857 bits per heavy atom. The Morgan fingerprint density at radius 2 is 1.55 bits per heavy atom. The molecule has 2 heterocycles. The quantitative estimate of drug-likeness (QED) is 0.203. The van der Waals surface area contributed by atoms with E-state index in [1.54, 1.807) is 12.1 Å². The van der Waals surface area contributed by atoms with Crippen LogP contribution in [0.1, 0.15) is 141 Å². The molecule has 56 heavy (non-hydrogen) atoms. The van der Waals surface area contributed by atoms with Crippen molar-refractivity contribution in [2.75, 3.05) is 39.8 Å². The number of amides is 2. The summed E-state index contributed by atoms with van der Waals surface area (Å²) in [4.78, 5) is 41.7. The van der Waals surface area contributed by atoms with Crippen LogP contribution < -0.4 is 5.32 Å². The standard InChI is InChI=1S/C49H71N3O4/c1-32(2)35-15-21-49(31-50-27-18-40(53)52-29-25-48(26-30-52)24-28-51(8)43(48)56)23-22-46(6)37(41(35)49)13-14-39-45(5)19-16-36(33-9-11-34(12-10-33)42(54)55)44(3,4)38(45)17-20-47(39,46)7/h9-12,16,35,37-39,41,50H,1,13-15,17-31H2,2-8H3,(H,54,55)/t35-,37+,38-,39+,41+,45-,46+,47+,49+/m0/s1. The van der Waals surface area contributed by atoms with E-state index < -0.39 is 5.97 Å². The van der Waals surface area contributed by atoms with Crippen molar-refractivity contribution in [3.63, 3.8) is 0 Å². The Kier molecular flexibility index (Phi) is 9.85. The number of hydrogen-bond acceptors (Lipinski definition) is 4. The molecule has 1 aromatic rings. The zero-order valence-corrected chi connectivity index (χ0v) is 35.8. The predicted molar refractivity (Wildman–Crippen MR) is 224 cm³/mol. The van der Waals surface area contributed by atoms with E-state index in [0.29, 0.717) is 54.7 Å². The molecule has 306 valence electrons. The van der Waals surface area contributed by atoms with Crippen LogP contribution in [0.2, 0.25) is 0 Å². The fourth-order valence-corrected chi connectivity index (χ4v) is 15.8. The molecule has 7 aliphatic rings. The second-order valence-electron chi connectivity index (χ2n) is 21.5. The molecule has 0 aromatic heterocycles. The van der Waals surface area contributed by atoms with Gasteiger partial charge in [-0.25, -0.2) is 4.79 Å². The molecule has 4 saturated carbocycles. The Bertz CT molecular complexity index is 1790. The summed E-state index contributed by atoms with van der Waals surface area (Å²) < 4.78 is 0. The third kappa shape index (κ3) is 5.84. The second-order valence-corrected chi connectivity index (χ2v) is 21.5. The van der Waals surface area contributed by atoms with Gasteiger partial charge in [-0.15, -0.1) is 0 Å². The van der Waals surface area contributed by atoms with Gasteiger partial charge in [0.1, 0.15) is 0 Å². The topological polar surface area (TPSA) is 90.0 Å². The Labute approximate surface area is 337 Å². The van der Waals surface area contributed by atoms with Crippen LogP contribution in [0.15, 0.2) is 42.5 Å². The summed E-state index contributed by atoms with van der Waals surface area (Å²) in [5.74, 6) is 2.78. The number of rotatable bonds is 8. The van der Waals surface area contributed by atoms with Crippen LogP contribution in [0.5, 0.6) is 0 Å². The number of carboxylic acids is 1. The molecule has 2 amide bonds. The number of piperidine rings is 1. The number of aromatic carboxylic acids is 1. The summed E-state index contributed by atoms with van der Waals surface area (Å²) in [6.07, 6.45) is 16.9. The van der Waals surface area contributed by atoms with Crippen LogP contribution in [-0.4, -0.2) is 72.5 Å². The first-order valence-corrected chi connectivity index (χ1v) is 22.4. The van der Waals surface area contributed by atoms with Crippen LogP contribution in [0.4, 0.5) is 0 Å². The lowest BCUT2D eigenvalue weighted by molar-refractivity contribution is -0.225. The van der Waals surface area contributed by atoms with E-state index >= 15 is 0 Å². The predicted octanol–water partition coefficient (Wildman–Crippen LogP) is 9.49. The van der Waals surface area contributed by atoms with Crippen molar-refractivity contribution >= 4 is 23.4 Å². The van der Waals surface area contributed by atoms with E-state index in [1.807, 2.05) is 29.0 Å².